The summed E-state index contributed by atoms with van der Waals surface area (Å²) in [6.07, 6.45) is 0.565. The summed E-state index contributed by atoms with van der Waals surface area (Å²) >= 11 is 3.04. The Kier molecular flexibility index (Phi) is 4.71. The van der Waals surface area contributed by atoms with Gasteiger partial charge in [0.15, 0.2) is 9.84 Å². The molecule has 1 saturated heterocycles. The van der Waals surface area contributed by atoms with Crippen LogP contribution in [0.25, 0.3) is 0 Å². The number of aliphatic hydroxyl groups excluding tert-OH is 1. The van der Waals surface area contributed by atoms with Gasteiger partial charge in [0.05, 0.1) is 28.7 Å². The van der Waals surface area contributed by atoms with E-state index >= 15 is 0 Å². The minimum absolute atomic E-state index is 0.0827. The van der Waals surface area contributed by atoms with Crippen molar-refractivity contribution >= 4 is 25.8 Å². The van der Waals surface area contributed by atoms with Crippen LogP contribution in [-0.2, 0) is 9.84 Å². The highest BCUT2D eigenvalue weighted by Crippen LogP contribution is 2.37. The Balaban J connectivity index is 2.42. The molecule has 2 rings (SSSR count). The van der Waals surface area contributed by atoms with E-state index in [1.807, 2.05) is 0 Å². The topological polar surface area (TPSA) is 63.6 Å². The highest BCUT2D eigenvalue weighted by Gasteiger charge is 2.36. The number of aliphatic hydroxyl groups is 1. The summed E-state index contributed by atoms with van der Waals surface area (Å²) in [5, 5.41) is 9.55. The lowest BCUT2D eigenvalue weighted by Gasteiger charge is -2.27. The number of benzene rings is 1. The number of halogens is 2. The van der Waals surface area contributed by atoms with Crippen LogP contribution in [0.5, 0.6) is 5.75 Å². The first-order chi connectivity index (χ1) is 9.36. The maximum atomic E-state index is 13.5. The predicted octanol–water partition coefficient (Wildman–Crippen LogP) is 2.60. The Morgan fingerprint density at radius 2 is 2.15 bits per heavy atom. The van der Waals surface area contributed by atoms with Crippen molar-refractivity contribution in [2.24, 2.45) is 0 Å². The minimum atomic E-state index is -3.33. The lowest BCUT2D eigenvalue weighted by molar-refractivity contribution is 0.160. The first-order valence-electron chi connectivity index (χ1n) is 6.29. The van der Waals surface area contributed by atoms with Gasteiger partial charge in [-0.1, -0.05) is 6.42 Å². The van der Waals surface area contributed by atoms with Crippen molar-refractivity contribution in [3.05, 3.63) is 28.0 Å². The van der Waals surface area contributed by atoms with E-state index < -0.39 is 27.0 Å². The van der Waals surface area contributed by atoms with E-state index in [1.54, 1.807) is 0 Å². The van der Waals surface area contributed by atoms with E-state index in [4.69, 9.17) is 4.74 Å². The largest absolute Gasteiger partial charge is 0.496 e. The Labute approximate surface area is 126 Å². The van der Waals surface area contributed by atoms with Crippen LogP contribution in [0.4, 0.5) is 4.39 Å². The molecule has 0 aromatic heterocycles. The molecular weight excluding hydrogens is 351 g/mol. The van der Waals surface area contributed by atoms with Gasteiger partial charge in [0.2, 0.25) is 0 Å². The zero-order chi connectivity index (χ0) is 14.9. The van der Waals surface area contributed by atoms with Crippen molar-refractivity contribution in [1.82, 2.24) is 0 Å². The fourth-order valence-corrected chi connectivity index (χ4v) is 4.82. The Morgan fingerprint density at radius 3 is 2.75 bits per heavy atom. The maximum absolute atomic E-state index is 13.5. The van der Waals surface area contributed by atoms with E-state index in [-0.39, 0.29) is 21.5 Å². The van der Waals surface area contributed by atoms with Crippen molar-refractivity contribution in [3.8, 4) is 5.75 Å². The van der Waals surface area contributed by atoms with E-state index in [2.05, 4.69) is 15.9 Å². The van der Waals surface area contributed by atoms with Gasteiger partial charge in [-0.05, 0) is 34.8 Å². The van der Waals surface area contributed by atoms with Gasteiger partial charge in [-0.25, -0.2) is 12.8 Å². The highest BCUT2D eigenvalue weighted by atomic mass is 79.9. The van der Waals surface area contributed by atoms with Gasteiger partial charge in [0.1, 0.15) is 11.6 Å². The highest BCUT2D eigenvalue weighted by molar-refractivity contribution is 9.10. The second-order valence-electron chi connectivity index (χ2n) is 4.85. The molecule has 112 valence electrons. The molecule has 1 heterocycles. The van der Waals surface area contributed by atoms with Crippen molar-refractivity contribution in [2.45, 2.75) is 30.6 Å². The molecule has 0 amide bonds. The van der Waals surface area contributed by atoms with Crippen LogP contribution in [0.2, 0.25) is 0 Å². The molecule has 0 saturated carbocycles. The summed E-state index contributed by atoms with van der Waals surface area (Å²) < 4.78 is 42.8. The summed E-state index contributed by atoms with van der Waals surface area (Å²) in [5.41, 5.74) is 0.288. The fourth-order valence-electron chi connectivity index (χ4n) is 2.49. The van der Waals surface area contributed by atoms with Crippen LogP contribution in [0.1, 0.15) is 30.9 Å². The SMILES string of the molecule is COc1cc(F)c(Br)cc1C(O)C1CCCCS1(=O)=O. The van der Waals surface area contributed by atoms with Gasteiger partial charge in [0, 0.05) is 11.6 Å². The summed E-state index contributed by atoms with van der Waals surface area (Å²) in [6.45, 7) is 0. The molecule has 0 bridgehead atoms. The van der Waals surface area contributed by atoms with E-state index in [1.165, 1.54) is 13.2 Å². The molecule has 1 aliphatic rings. The number of methoxy groups -OCH3 is 1. The molecule has 1 fully saturated rings. The molecule has 1 aromatic carbocycles. The third-order valence-electron chi connectivity index (χ3n) is 3.57. The first kappa shape index (κ1) is 15.7. The van der Waals surface area contributed by atoms with Crippen LogP contribution in [0, 0.1) is 5.82 Å². The number of rotatable bonds is 3. The standard InChI is InChI=1S/C13H16BrFO4S/c1-19-11-7-10(15)9(14)6-8(11)13(16)12-4-2-3-5-20(12,17)18/h6-7,12-13,16H,2-5H2,1H3. The normalized spacial score (nSPS) is 23.3. The summed E-state index contributed by atoms with van der Waals surface area (Å²) in [7, 11) is -1.98. The minimum Gasteiger partial charge on any atom is -0.496 e. The van der Waals surface area contributed by atoms with E-state index in [0.717, 1.165) is 12.5 Å². The molecule has 7 heteroatoms. The molecule has 1 aliphatic heterocycles. The maximum Gasteiger partial charge on any atom is 0.156 e. The lowest BCUT2D eigenvalue weighted by Crippen LogP contribution is -2.34. The van der Waals surface area contributed by atoms with Crippen LogP contribution in [0.3, 0.4) is 0 Å². The van der Waals surface area contributed by atoms with Crippen molar-refractivity contribution in [2.75, 3.05) is 12.9 Å². The molecule has 0 aliphatic carbocycles. The Morgan fingerprint density at radius 1 is 1.45 bits per heavy atom. The monoisotopic (exact) mass is 366 g/mol. The van der Waals surface area contributed by atoms with Crippen LogP contribution in [0.15, 0.2) is 16.6 Å². The Hall–Kier alpha value is -0.660. The quantitative estimate of drug-likeness (QED) is 0.892. The van der Waals surface area contributed by atoms with Crippen molar-refractivity contribution < 1.29 is 22.7 Å². The second kappa shape index (κ2) is 5.99. The van der Waals surface area contributed by atoms with Gasteiger partial charge < -0.3 is 9.84 Å². The van der Waals surface area contributed by atoms with Crippen LogP contribution < -0.4 is 4.74 Å². The molecule has 0 radical (unpaired) electrons. The first-order valence-corrected chi connectivity index (χ1v) is 8.80. The van der Waals surface area contributed by atoms with E-state index in [9.17, 15) is 17.9 Å². The molecule has 1 N–H and O–H groups in total. The molecule has 1 aromatic rings. The van der Waals surface area contributed by atoms with Gasteiger partial charge in [-0.2, -0.15) is 0 Å². The number of hydrogen-bond acceptors (Lipinski definition) is 4. The summed E-state index contributed by atoms with van der Waals surface area (Å²) in [5.74, 6) is -0.289. The van der Waals surface area contributed by atoms with Gasteiger partial charge in [0.25, 0.3) is 0 Å². The molecule has 4 nitrogen and oxygen atoms in total. The van der Waals surface area contributed by atoms with Crippen LogP contribution in [-0.4, -0.2) is 31.6 Å². The van der Waals surface area contributed by atoms with Gasteiger partial charge in [-0.3, -0.25) is 0 Å². The third kappa shape index (κ3) is 2.99. The Bertz CT molecular complexity index is 603. The second-order valence-corrected chi connectivity index (χ2v) is 8.05. The molecular formula is C13H16BrFO4S. The number of sulfone groups is 1. The summed E-state index contributed by atoms with van der Waals surface area (Å²) in [6, 6.07) is 2.51. The smallest absolute Gasteiger partial charge is 0.156 e. The average molecular weight is 367 g/mol. The van der Waals surface area contributed by atoms with Gasteiger partial charge in [-0.15, -0.1) is 0 Å². The van der Waals surface area contributed by atoms with Gasteiger partial charge >= 0.3 is 0 Å². The zero-order valence-corrected chi connectivity index (χ0v) is 13.4. The molecule has 2 atom stereocenters. The van der Waals surface area contributed by atoms with Crippen molar-refractivity contribution in [3.63, 3.8) is 0 Å². The number of ether oxygens (including phenoxy) is 1. The lowest BCUT2D eigenvalue weighted by atomic mass is 10.0. The van der Waals surface area contributed by atoms with Crippen molar-refractivity contribution in [1.29, 1.82) is 0 Å². The predicted molar refractivity (Wildman–Crippen MR) is 77.0 cm³/mol. The molecule has 20 heavy (non-hydrogen) atoms. The molecule has 0 spiro atoms. The molecule has 2 unspecified atom stereocenters. The zero-order valence-electron chi connectivity index (χ0n) is 11.0. The third-order valence-corrected chi connectivity index (χ3v) is 6.45. The van der Waals surface area contributed by atoms with E-state index in [0.29, 0.717) is 12.8 Å². The average Bonchev–Trinajstić information content (AvgIpc) is 2.40. The number of hydrogen-bond donors (Lipinski definition) is 1. The van der Waals surface area contributed by atoms with Crippen LogP contribution >= 0.6 is 15.9 Å². The fraction of sp³-hybridized carbons (Fsp3) is 0.538. The summed E-state index contributed by atoms with van der Waals surface area (Å²) in [4.78, 5) is 0.